The molecule has 4 rings (SSSR count). The molecule has 0 amide bonds. The second-order valence-electron chi connectivity index (χ2n) is 6.18. The number of fused-ring (bicyclic) bond motifs is 1. The summed E-state index contributed by atoms with van der Waals surface area (Å²) in [4.78, 5) is 9.29. The highest BCUT2D eigenvalue weighted by Gasteiger charge is 2.12. The zero-order valence-electron chi connectivity index (χ0n) is 14.8. The fourth-order valence-electron chi connectivity index (χ4n) is 2.81. The first-order valence-corrected chi connectivity index (χ1v) is 8.51. The average molecular weight is 344 g/mol. The molecule has 0 aliphatic heterocycles. The first-order valence-electron chi connectivity index (χ1n) is 8.51. The van der Waals surface area contributed by atoms with Crippen LogP contribution in [0.3, 0.4) is 0 Å². The Balaban J connectivity index is 1.68. The van der Waals surface area contributed by atoms with Crippen molar-refractivity contribution < 1.29 is 0 Å². The van der Waals surface area contributed by atoms with Gasteiger partial charge in [0.25, 0.3) is 0 Å². The number of nitrogens with zero attached hydrogens (tertiary/aromatic N) is 4. The van der Waals surface area contributed by atoms with Gasteiger partial charge < -0.3 is 10.6 Å². The highest BCUT2D eigenvalue weighted by Crippen LogP contribution is 2.26. The topological polar surface area (TPSA) is 67.7 Å². The standard InChI is InChI=1S/C20H20N6/c1-14-8-6-7-11-17(14)23-18-16-13-22-26(2)19(16)25-20(24-18)21-12-15-9-4-3-5-10-15/h3-11,13H,12H2,1-2H3,(H2,21,23,24,25). The van der Waals surface area contributed by atoms with Gasteiger partial charge in [0, 0.05) is 19.3 Å². The number of benzene rings is 2. The van der Waals surface area contributed by atoms with Crippen LogP contribution in [-0.2, 0) is 13.6 Å². The Labute approximate surface area is 151 Å². The third-order valence-electron chi connectivity index (χ3n) is 4.28. The van der Waals surface area contributed by atoms with Gasteiger partial charge in [-0.2, -0.15) is 15.1 Å². The molecule has 2 aromatic heterocycles. The van der Waals surface area contributed by atoms with E-state index in [1.165, 1.54) is 5.56 Å². The molecule has 0 fully saturated rings. The Morgan fingerprint density at radius 3 is 2.54 bits per heavy atom. The Kier molecular flexibility index (Phi) is 4.23. The van der Waals surface area contributed by atoms with Crippen LogP contribution in [0, 0.1) is 6.92 Å². The Bertz CT molecular complexity index is 1040. The molecule has 0 atom stereocenters. The summed E-state index contributed by atoms with van der Waals surface area (Å²) in [6.45, 7) is 2.73. The van der Waals surface area contributed by atoms with Crippen molar-refractivity contribution in [1.29, 1.82) is 0 Å². The molecule has 0 bridgehead atoms. The van der Waals surface area contributed by atoms with E-state index in [0.29, 0.717) is 12.5 Å². The zero-order chi connectivity index (χ0) is 17.9. The second-order valence-corrected chi connectivity index (χ2v) is 6.18. The smallest absolute Gasteiger partial charge is 0.227 e. The average Bonchev–Trinajstić information content (AvgIpc) is 3.04. The lowest BCUT2D eigenvalue weighted by atomic mass is 10.2. The van der Waals surface area contributed by atoms with Crippen molar-refractivity contribution in [2.45, 2.75) is 13.5 Å². The van der Waals surface area contributed by atoms with Gasteiger partial charge in [-0.05, 0) is 24.1 Å². The third kappa shape index (κ3) is 3.21. The second kappa shape index (κ2) is 6.84. The summed E-state index contributed by atoms with van der Waals surface area (Å²) in [5.74, 6) is 1.31. The SMILES string of the molecule is Cc1ccccc1Nc1nc(NCc2ccccc2)nc2c1cnn2C. The van der Waals surface area contributed by atoms with Crippen molar-refractivity contribution in [3.63, 3.8) is 0 Å². The van der Waals surface area contributed by atoms with Crippen LogP contribution in [-0.4, -0.2) is 19.7 Å². The van der Waals surface area contributed by atoms with Gasteiger partial charge in [0.15, 0.2) is 5.65 Å². The molecule has 4 aromatic rings. The van der Waals surface area contributed by atoms with E-state index >= 15 is 0 Å². The predicted molar refractivity (Wildman–Crippen MR) is 105 cm³/mol. The lowest BCUT2D eigenvalue weighted by Crippen LogP contribution is -2.07. The van der Waals surface area contributed by atoms with E-state index in [-0.39, 0.29) is 0 Å². The van der Waals surface area contributed by atoms with Crippen LogP contribution in [0.25, 0.3) is 11.0 Å². The predicted octanol–water partition coefficient (Wildman–Crippen LogP) is 4.03. The number of anilines is 3. The highest BCUT2D eigenvalue weighted by molar-refractivity contribution is 5.89. The molecule has 2 aromatic carbocycles. The van der Waals surface area contributed by atoms with Gasteiger partial charge in [-0.15, -0.1) is 0 Å². The largest absolute Gasteiger partial charge is 0.350 e. The minimum Gasteiger partial charge on any atom is -0.350 e. The molecule has 26 heavy (non-hydrogen) atoms. The highest BCUT2D eigenvalue weighted by atomic mass is 15.3. The van der Waals surface area contributed by atoms with Gasteiger partial charge >= 0.3 is 0 Å². The maximum Gasteiger partial charge on any atom is 0.227 e. The van der Waals surface area contributed by atoms with Gasteiger partial charge in [0.1, 0.15) is 5.82 Å². The number of hydrogen-bond acceptors (Lipinski definition) is 5. The quantitative estimate of drug-likeness (QED) is 0.572. The molecular formula is C20H20N6. The molecule has 0 radical (unpaired) electrons. The van der Waals surface area contributed by atoms with E-state index in [0.717, 1.165) is 28.1 Å². The van der Waals surface area contributed by atoms with Crippen LogP contribution in [0.15, 0.2) is 60.8 Å². The van der Waals surface area contributed by atoms with Crippen LogP contribution in [0.4, 0.5) is 17.5 Å². The van der Waals surface area contributed by atoms with Crippen molar-refractivity contribution in [2.75, 3.05) is 10.6 Å². The fourth-order valence-corrected chi connectivity index (χ4v) is 2.81. The lowest BCUT2D eigenvalue weighted by molar-refractivity contribution is 0.785. The van der Waals surface area contributed by atoms with Crippen LogP contribution in [0.1, 0.15) is 11.1 Å². The summed E-state index contributed by atoms with van der Waals surface area (Å²) in [6, 6.07) is 18.3. The van der Waals surface area contributed by atoms with Gasteiger partial charge in [0.2, 0.25) is 5.95 Å². The molecule has 2 heterocycles. The van der Waals surface area contributed by atoms with Crippen molar-refractivity contribution in [3.8, 4) is 0 Å². The zero-order valence-corrected chi connectivity index (χ0v) is 14.8. The Morgan fingerprint density at radius 1 is 0.962 bits per heavy atom. The minimum atomic E-state index is 0.570. The van der Waals surface area contributed by atoms with Crippen LogP contribution < -0.4 is 10.6 Å². The Morgan fingerprint density at radius 2 is 1.73 bits per heavy atom. The van der Waals surface area contributed by atoms with Crippen LogP contribution >= 0.6 is 0 Å². The number of para-hydroxylation sites is 1. The van der Waals surface area contributed by atoms with Crippen molar-refractivity contribution in [1.82, 2.24) is 19.7 Å². The summed E-state index contributed by atoms with van der Waals surface area (Å²) in [5.41, 5.74) is 4.13. The number of hydrogen-bond donors (Lipinski definition) is 2. The number of aryl methyl sites for hydroxylation is 2. The molecule has 2 N–H and O–H groups in total. The summed E-state index contributed by atoms with van der Waals surface area (Å²) in [5, 5.41) is 11.9. The lowest BCUT2D eigenvalue weighted by Gasteiger charge is -2.12. The first kappa shape index (κ1) is 16.1. The van der Waals surface area contributed by atoms with Crippen molar-refractivity contribution in [3.05, 3.63) is 71.9 Å². The third-order valence-corrected chi connectivity index (χ3v) is 4.28. The van der Waals surface area contributed by atoms with E-state index in [2.05, 4.69) is 50.8 Å². The Hall–Kier alpha value is -3.41. The van der Waals surface area contributed by atoms with Crippen LogP contribution in [0.5, 0.6) is 0 Å². The molecule has 130 valence electrons. The number of aromatic nitrogens is 4. The molecule has 0 saturated carbocycles. The fraction of sp³-hybridized carbons (Fsp3) is 0.150. The first-order chi connectivity index (χ1) is 12.7. The van der Waals surface area contributed by atoms with E-state index < -0.39 is 0 Å². The van der Waals surface area contributed by atoms with Crippen LogP contribution in [0.2, 0.25) is 0 Å². The number of rotatable bonds is 5. The molecule has 0 spiro atoms. The monoisotopic (exact) mass is 344 g/mol. The van der Waals surface area contributed by atoms with Gasteiger partial charge in [-0.25, -0.2) is 0 Å². The van der Waals surface area contributed by atoms with Gasteiger partial charge in [-0.1, -0.05) is 48.5 Å². The van der Waals surface area contributed by atoms with Gasteiger partial charge in [0.05, 0.1) is 11.6 Å². The summed E-state index contributed by atoms with van der Waals surface area (Å²) < 4.78 is 1.76. The van der Waals surface area contributed by atoms with E-state index in [9.17, 15) is 0 Å². The molecule has 0 unspecified atom stereocenters. The molecule has 6 nitrogen and oxygen atoms in total. The van der Waals surface area contributed by atoms with E-state index in [1.807, 2.05) is 43.4 Å². The number of nitrogens with one attached hydrogen (secondary N) is 2. The maximum absolute atomic E-state index is 4.68. The molecule has 0 saturated heterocycles. The normalized spacial score (nSPS) is 10.8. The van der Waals surface area contributed by atoms with Crippen molar-refractivity contribution in [2.24, 2.45) is 7.05 Å². The molecular weight excluding hydrogens is 324 g/mol. The summed E-state index contributed by atoms with van der Waals surface area (Å²) in [7, 11) is 1.88. The maximum atomic E-state index is 4.68. The summed E-state index contributed by atoms with van der Waals surface area (Å²) >= 11 is 0. The summed E-state index contributed by atoms with van der Waals surface area (Å²) in [6.07, 6.45) is 1.79. The van der Waals surface area contributed by atoms with E-state index in [1.54, 1.807) is 10.9 Å². The molecule has 0 aliphatic carbocycles. The molecule has 0 aliphatic rings. The van der Waals surface area contributed by atoms with Crippen molar-refractivity contribution >= 4 is 28.5 Å². The minimum absolute atomic E-state index is 0.570. The van der Waals surface area contributed by atoms with E-state index in [4.69, 9.17) is 0 Å². The van der Waals surface area contributed by atoms with Gasteiger partial charge in [-0.3, -0.25) is 4.68 Å². The molecule has 6 heteroatoms.